The number of aromatic nitrogens is 3. The molecule has 3 aromatic heterocycles. The molecule has 15 heteroatoms. The van der Waals surface area contributed by atoms with Crippen LogP contribution in [0.3, 0.4) is 0 Å². The quantitative estimate of drug-likeness (QED) is 0.0865. The smallest absolute Gasteiger partial charge is 0.291 e. The topological polar surface area (TPSA) is 175 Å². The number of anilines is 4. The highest BCUT2D eigenvalue weighted by Gasteiger charge is 2.20. The summed E-state index contributed by atoms with van der Waals surface area (Å²) < 4.78 is 21.7. The van der Waals surface area contributed by atoms with Gasteiger partial charge in [-0.15, -0.1) is 0 Å². The summed E-state index contributed by atoms with van der Waals surface area (Å²) in [4.78, 5) is 23.8. The molecule has 14 nitrogen and oxygen atoms in total. The average molecular weight is 591 g/mol. The Balaban J connectivity index is 1.34. The summed E-state index contributed by atoms with van der Waals surface area (Å²) in [6.45, 7) is 0.354. The van der Waals surface area contributed by atoms with Crippen LogP contribution in [0, 0.1) is 10.1 Å². The van der Waals surface area contributed by atoms with E-state index in [1.54, 1.807) is 43.7 Å². The Kier molecular flexibility index (Phi) is 8.44. The van der Waals surface area contributed by atoms with Crippen molar-refractivity contribution in [3.63, 3.8) is 0 Å². The van der Waals surface area contributed by atoms with Crippen LogP contribution in [-0.4, -0.2) is 40.3 Å². The standard InChI is InChI=1S/C27H23ClN8O6/c1-39-17-7-5-16(6-8-17)31-26-32-25(29-14-18-4-3-11-41-18)33-27(34-26)35-30-15-19-9-10-23(42-19)20-12-21(28)22(36(37)38)13-24(20)40-2/h3-13,15H,14H2,1-2H3,(H3,29,31,32,33,34,35)/b30-15-. The number of ether oxygens (including phenoxy) is 2. The highest BCUT2D eigenvalue weighted by atomic mass is 35.5. The fraction of sp³-hybridized carbons (Fsp3) is 0.111. The van der Waals surface area contributed by atoms with Gasteiger partial charge in [0.1, 0.15) is 33.8 Å². The van der Waals surface area contributed by atoms with Gasteiger partial charge < -0.3 is 28.9 Å². The molecule has 0 amide bonds. The lowest BCUT2D eigenvalue weighted by Crippen LogP contribution is -2.09. The molecule has 0 aliphatic rings. The molecule has 0 saturated carbocycles. The zero-order valence-corrected chi connectivity index (χ0v) is 23.0. The molecule has 0 aliphatic carbocycles. The van der Waals surface area contributed by atoms with E-state index in [1.165, 1.54) is 25.5 Å². The van der Waals surface area contributed by atoms with Gasteiger partial charge in [0.25, 0.3) is 5.69 Å². The molecule has 5 aromatic rings. The van der Waals surface area contributed by atoms with Gasteiger partial charge in [-0.05, 0) is 54.6 Å². The van der Waals surface area contributed by atoms with Crippen LogP contribution in [0.15, 0.2) is 80.9 Å². The van der Waals surface area contributed by atoms with Crippen LogP contribution >= 0.6 is 11.6 Å². The van der Waals surface area contributed by atoms with E-state index in [0.717, 1.165) is 5.69 Å². The maximum absolute atomic E-state index is 11.2. The second kappa shape index (κ2) is 12.7. The maximum Gasteiger partial charge on any atom is 0.291 e. The number of benzene rings is 2. The first-order chi connectivity index (χ1) is 20.4. The molecule has 0 unspecified atom stereocenters. The van der Waals surface area contributed by atoms with E-state index in [0.29, 0.717) is 35.1 Å². The van der Waals surface area contributed by atoms with Crippen molar-refractivity contribution >= 4 is 47.0 Å². The monoisotopic (exact) mass is 590 g/mol. The van der Waals surface area contributed by atoms with Gasteiger partial charge in [0.15, 0.2) is 0 Å². The van der Waals surface area contributed by atoms with E-state index < -0.39 is 4.92 Å². The number of halogens is 1. The van der Waals surface area contributed by atoms with Gasteiger partial charge in [0, 0.05) is 5.69 Å². The molecule has 42 heavy (non-hydrogen) atoms. The molecular weight excluding hydrogens is 568 g/mol. The highest BCUT2D eigenvalue weighted by molar-refractivity contribution is 6.33. The van der Waals surface area contributed by atoms with Crippen molar-refractivity contribution in [2.24, 2.45) is 5.10 Å². The van der Waals surface area contributed by atoms with Crippen LogP contribution in [0.1, 0.15) is 11.5 Å². The van der Waals surface area contributed by atoms with E-state index >= 15 is 0 Å². The maximum atomic E-state index is 11.2. The lowest BCUT2D eigenvalue weighted by atomic mass is 10.1. The normalized spacial score (nSPS) is 10.9. The predicted molar refractivity (Wildman–Crippen MR) is 156 cm³/mol. The van der Waals surface area contributed by atoms with Crippen LogP contribution in [0.2, 0.25) is 5.02 Å². The third-order valence-corrected chi connectivity index (χ3v) is 6.00. The van der Waals surface area contributed by atoms with Gasteiger partial charge in [-0.3, -0.25) is 10.1 Å². The molecule has 0 saturated heterocycles. The Morgan fingerprint density at radius 3 is 2.52 bits per heavy atom. The second-order valence-electron chi connectivity index (χ2n) is 8.43. The van der Waals surface area contributed by atoms with E-state index in [1.807, 2.05) is 18.2 Å². The first-order valence-electron chi connectivity index (χ1n) is 12.3. The van der Waals surface area contributed by atoms with Crippen LogP contribution in [0.25, 0.3) is 11.3 Å². The summed E-state index contributed by atoms with van der Waals surface area (Å²) in [6, 6.07) is 16.9. The van der Waals surface area contributed by atoms with Crippen molar-refractivity contribution in [2.45, 2.75) is 6.54 Å². The minimum absolute atomic E-state index is 0.0468. The largest absolute Gasteiger partial charge is 0.497 e. The molecule has 2 aromatic carbocycles. The van der Waals surface area contributed by atoms with E-state index in [4.69, 9.17) is 29.9 Å². The zero-order chi connectivity index (χ0) is 29.5. The fourth-order valence-corrected chi connectivity index (χ4v) is 3.94. The minimum atomic E-state index is -0.586. The summed E-state index contributed by atoms with van der Waals surface area (Å²) in [5.41, 5.74) is 3.68. The van der Waals surface area contributed by atoms with Gasteiger partial charge in [-0.25, -0.2) is 5.43 Å². The summed E-state index contributed by atoms with van der Waals surface area (Å²) in [5, 5.41) is 21.6. The van der Waals surface area contributed by atoms with E-state index in [2.05, 4.69) is 36.1 Å². The Hall–Kier alpha value is -5.63. The molecule has 0 fully saturated rings. The lowest BCUT2D eigenvalue weighted by molar-refractivity contribution is -0.384. The first-order valence-corrected chi connectivity index (χ1v) is 12.6. The molecular formula is C27H23ClN8O6. The fourth-order valence-electron chi connectivity index (χ4n) is 3.71. The van der Waals surface area contributed by atoms with Gasteiger partial charge >= 0.3 is 0 Å². The average Bonchev–Trinajstić information content (AvgIpc) is 3.69. The molecule has 5 rings (SSSR count). The summed E-state index contributed by atoms with van der Waals surface area (Å²) in [5.74, 6) is 3.08. The first kappa shape index (κ1) is 27.9. The lowest BCUT2D eigenvalue weighted by Gasteiger charge is -2.10. The third-order valence-electron chi connectivity index (χ3n) is 5.70. The molecule has 3 heterocycles. The van der Waals surface area contributed by atoms with Crippen molar-refractivity contribution < 1.29 is 23.2 Å². The number of nitrogens with zero attached hydrogens (tertiary/aromatic N) is 5. The van der Waals surface area contributed by atoms with Crippen molar-refractivity contribution in [2.75, 3.05) is 30.3 Å². The van der Waals surface area contributed by atoms with Crippen molar-refractivity contribution in [3.05, 3.63) is 93.6 Å². The molecule has 3 N–H and O–H groups in total. The number of methoxy groups -OCH3 is 2. The van der Waals surface area contributed by atoms with Gasteiger partial charge in [-0.2, -0.15) is 20.1 Å². The number of hydrogen-bond acceptors (Lipinski definition) is 13. The molecule has 0 radical (unpaired) electrons. The number of hydrazone groups is 1. The molecule has 0 bridgehead atoms. The SMILES string of the molecule is COc1ccc(Nc2nc(NCc3ccco3)nc(N/N=C\c3ccc(-c4cc(Cl)c([N+](=O)[O-])cc4OC)o3)n2)cc1. The van der Waals surface area contributed by atoms with Gasteiger partial charge in [0.05, 0.1) is 49.8 Å². The number of rotatable bonds is 12. The van der Waals surface area contributed by atoms with Crippen molar-refractivity contribution in [3.8, 4) is 22.8 Å². The number of nitrogens with one attached hydrogen (secondary N) is 3. The Morgan fingerprint density at radius 2 is 1.81 bits per heavy atom. The van der Waals surface area contributed by atoms with Crippen LogP contribution in [0.5, 0.6) is 11.5 Å². The number of nitro benzene ring substituents is 1. The Labute approximate surface area is 243 Å². The Morgan fingerprint density at radius 1 is 1.02 bits per heavy atom. The second-order valence-corrected chi connectivity index (χ2v) is 8.83. The summed E-state index contributed by atoms with van der Waals surface area (Å²) in [6.07, 6.45) is 2.99. The molecule has 0 spiro atoms. The number of hydrogen-bond donors (Lipinski definition) is 3. The van der Waals surface area contributed by atoms with Crippen molar-refractivity contribution in [1.29, 1.82) is 0 Å². The molecule has 214 valence electrons. The summed E-state index contributed by atoms with van der Waals surface area (Å²) in [7, 11) is 2.99. The third kappa shape index (κ3) is 6.74. The van der Waals surface area contributed by atoms with Gasteiger partial charge in [0.2, 0.25) is 17.8 Å². The molecule has 0 atom stereocenters. The number of furan rings is 2. The number of nitro groups is 1. The highest BCUT2D eigenvalue weighted by Crippen LogP contribution is 2.38. The Bertz CT molecular complexity index is 1710. The zero-order valence-electron chi connectivity index (χ0n) is 22.2. The minimum Gasteiger partial charge on any atom is -0.497 e. The van der Waals surface area contributed by atoms with Gasteiger partial charge in [-0.1, -0.05) is 11.6 Å². The van der Waals surface area contributed by atoms with Crippen molar-refractivity contribution in [1.82, 2.24) is 15.0 Å². The van der Waals surface area contributed by atoms with Crippen LogP contribution in [-0.2, 0) is 6.54 Å². The van der Waals surface area contributed by atoms with Crippen LogP contribution in [0.4, 0.5) is 29.2 Å². The van der Waals surface area contributed by atoms with E-state index in [9.17, 15) is 10.1 Å². The summed E-state index contributed by atoms with van der Waals surface area (Å²) >= 11 is 6.09. The predicted octanol–water partition coefficient (Wildman–Crippen LogP) is 6.11. The van der Waals surface area contributed by atoms with E-state index in [-0.39, 0.29) is 34.3 Å². The molecule has 0 aliphatic heterocycles. The van der Waals surface area contributed by atoms with Crippen LogP contribution < -0.4 is 25.5 Å².